The number of aliphatic carboxylic acids is 1. The van der Waals surface area contributed by atoms with Crippen LogP contribution in [-0.2, 0) is 39.3 Å². The molecule has 5 heterocycles. The van der Waals surface area contributed by atoms with Gasteiger partial charge < -0.3 is 42.2 Å². The van der Waals surface area contributed by atoms with Crippen LogP contribution >= 0.6 is 15.9 Å². The van der Waals surface area contributed by atoms with Crippen LogP contribution in [0.5, 0.6) is 0 Å². The maximum absolute atomic E-state index is 12.3. The number of ether oxygens (including phenoxy) is 1. The van der Waals surface area contributed by atoms with Crippen molar-refractivity contribution in [2.24, 2.45) is 7.05 Å². The largest absolute Gasteiger partial charge is 0.478 e. The number of pyridine rings is 4. The van der Waals surface area contributed by atoms with Crippen molar-refractivity contribution >= 4 is 86.2 Å². The first-order chi connectivity index (χ1) is 30.2. The van der Waals surface area contributed by atoms with Gasteiger partial charge in [-0.3, -0.25) is 4.79 Å². The summed E-state index contributed by atoms with van der Waals surface area (Å²) in [6, 6.07) is 33.7. The number of carbonyl (C=O) groups is 3. The van der Waals surface area contributed by atoms with E-state index in [0.717, 1.165) is 38.4 Å². The number of benzene rings is 2. The van der Waals surface area contributed by atoms with Crippen LogP contribution < -0.4 is 22.9 Å². The summed E-state index contributed by atoms with van der Waals surface area (Å²) in [6.45, 7) is 0.818. The highest BCUT2D eigenvalue weighted by Gasteiger charge is 2.11. The maximum atomic E-state index is 12.3. The van der Waals surface area contributed by atoms with Gasteiger partial charge in [-0.15, -0.1) is 0 Å². The molecule has 7 rings (SSSR count). The van der Waals surface area contributed by atoms with Crippen LogP contribution in [0.15, 0.2) is 157 Å². The molecule has 0 aliphatic rings. The number of aromatic nitrogens is 5. The standard InChI is InChI=1S/C19H20N4O.C15H14N2O2.C8H8N2O2.C5H5BrN2/c1-22(19(24)10-8-14-7-9-18(20)21-12-14)13-16-11-15-5-3-4-6-17(15)23(16)2;16-14-8-6-12(10-17-14)7-9-15(18)19-11-13-4-2-1-3-5-13;9-7-3-1-6(5-10-7)2-4-8(11)12;6-4-1-2-5(7)8-3-4/h3-12H,13H2,1-2H3,(H2,20,21);1-10H,11H2,(H2,16,17);1-5H,(H2,9,10)(H,11,12);1-3H,(H2,7,8)/b10-8+;9-7+;4-2+;. The number of carbonyl (C=O) groups excluding carboxylic acids is 2. The Balaban J connectivity index is 0.000000198. The third kappa shape index (κ3) is 17.6. The second-order valence-corrected chi connectivity index (χ2v) is 14.2. The minimum atomic E-state index is -0.980. The van der Waals surface area contributed by atoms with Crippen molar-refractivity contribution in [1.29, 1.82) is 0 Å². The number of aryl methyl sites for hydroxylation is 1. The molecule has 16 heteroatoms. The number of hydrogen-bond donors (Lipinski definition) is 5. The first kappa shape index (κ1) is 47.6. The van der Waals surface area contributed by atoms with E-state index < -0.39 is 5.97 Å². The second kappa shape index (κ2) is 24.8. The first-order valence-corrected chi connectivity index (χ1v) is 19.8. The number of likely N-dealkylation sites (N-methyl/N-ethyl adjacent to an activating group) is 1. The van der Waals surface area contributed by atoms with E-state index in [-0.39, 0.29) is 18.5 Å². The number of halogens is 1. The van der Waals surface area contributed by atoms with Gasteiger partial charge in [0.1, 0.15) is 29.9 Å². The van der Waals surface area contributed by atoms with E-state index in [4.69, 9.17) is 32.8 Å². The van der Waals surface area contributed by atoms with Gasteiger partial charge in [0.25, 0.3) is 0 Å². The van der Waals surface area contributed by atoms with Crippen molar-refractivity contribution in [1.82, 2.24) is 29.4 Å². The monoisotopic (exact) mass is 910 g/mol. The molecule has 0 fully saturated rings. The van der Waals surface area contributed by atoms with E-state index in [1.165, 1.54) is 23.7 Å². The van der Waals surface area contributed by atoms with Gasteiger partial charge in [0, 0.05) is 72.8 Å². The maximum Gasteiger partial charge on any atom is 0.331 e. The van der Waals surface area contributed by atoms with Crippen LogP contribution in [0.1, 0.15) is 27.9 Å². The lowest BCUT2D eigenvalue weighted by Gasteiger charge is -2.15. The van der Waals surface area contributed by atoms with Crippen molar-refractivity contribution in [3.63, 3.8) is 0 Å². The molecule has 0 radical (unpaired) electrons. The highest BCUT2D eigenvalue weighted by atomic mass is 79.9. The molecule has 0 aliphatic heterocycles. The molecule has 5 aromatic heterocycles. The van der Waals surface area contributed by atoms with Crippen LogP contribution in [-0.4, -0.2) is 59.4 Å². The van der Waals surface area contributed by atoms with Gasteiger partial charge in [0.05, 0.1) is 6.54 Å². The number of hydrogen-bond acceptors (Lipinski definition) is 12. The lowest BCUT2D eigenvalue weighted by atomic mass is 10.2. The van der Waals surface area contributed by atoms with E-state index in [1.54, 1.807) is 85.2 Å². The lowest BCUT2D eigenvalue weighted by molar-refractivity contribution is -0.139. The van der Waals surface area contributed by atoms with Crippen LogP contribution in [0.25, 0.3) is 29.1 Å². The number of carboxylic acid groups (broad SMARTS) is 1. The van der Waals surface area contributed by atoms with Gasteiger partial charge in [-0.05, 0) is 122 Å². The smallest absolute Gasteiger partial charge is 0.331 e. The molecule has 0 atom stereocenters. The van der Waals surface area contributed by atoms with Gasteiger partial charge in [-0.1, -0.05) is 48.5 Å². The van der Waals surface area contributed by atoms with E-state index in [0.29, 0.717) is 35.4 Å². The number of nitrogens with zero attached hydrogens (tertiary/aromatic N) is 6. The Morgan fingerprint density at radius 1 is 0.667 bits per heavy atom. The fraction of sp³-hybridized carbons (Fsp3) is 0.0851. The molecular weight excluding hydrogens is 864 g/mol. The molecule has 0 bridgehead atoms. The quantitative estimate of drug-likeness (QED) is 0.0663. The van der Waals surface area contributed by atoms with E-state index >= 15 is 0 Å². The summed E-state index contributed by atoms with van der Waals surface area (Å²) < 4.78 is 8.17. The average Bonchev–Trinajstić information content (AvgIpc) is 3.60. The van der Waals surface area contributed by atoms with Gasteiger partial charge in [-0.2, -0.15) is 0 Å². The normalized spacial score (nSPS) is 10.6. The number of amides is 1. The molecule has 1 amide bonds. The molecule has 2 aromatic carbocycles. The molecular formula is C47H47BrN10O5. The van der Waals surface area contributed by atoms with Crippen LogP contribution in [0.3, 0.4) is 0 Å². The zero-order valence-corrected chi connectivity index (χ0v) is 36.1. The number of rotatable bonds is 10. The molecule has 0 saturated heterocycles. The number of nitrogens with two attached hydrogens (primary N) is 4. The molecule has 0 saturated carbocycles. The molecule has 63 heavy (non-hydrogen) atoms. The third-order valence-electron chi connectivity index (χ3n) is 8.48. The predicted molar refractivity (Wildman–Crippen MR) is 253 cm³/mol. The summed E-state index contributed by atoms with van der Waals surface area (Å²) in [5.41, 5.74) is 27.2. The molecule has 0 unspecified atom stereocenters. The summed E-state index contributed by atoms with van der Waals surface area (Å²) >= 11 is 3.23. The number of esters is 1. The van der Waals surface area contributed by atoms with E-state index in [2.05, 4.69) is 58.6 Å². The highest BCUT2D eigenvalue weighted by Crippen LogP contribution is 2.19. The second-order valence-electron chi connectivity index (χ2n) is 13.3. The lowest BCUT2D eigenvalue weighted by Crippen LogP contribution is -2.25. The Morgan fingerprint density at radius 2 is 1.16 bits per heavy atom. The number of anilines is 4. The molecule has 322 valence electrons. The zero-order valence-electron chi connectivity index (χ0n) is 34.5. The summed E-state index contributed by atoms with van der Waals surface area (Å²) in [5.74, 6) is 0.454. The molecule has 9 N–H and O–H groups in total. The summed E-state index contributed by atoms with van der Waals surface area (Å²) in [4.78, 5) is 51.1. The summed E-state index contributed by atoms with van der Waals surface area (Å²) in [6.07, 6.45) is 15.2. The van der Waals surface area contributed by atoms with Crippen LogP contribution in [0.4, 0.5) is 23.3 Å². The van der Waals surface area contributed by atoms with Crippen molar-refractivity contribution in [2.75, 3.05) is 30.0 Å². The topological polar surface area (TPSA) is 244 Å². The Bertz CT molecular complexity index is 2600. The summed E-state index contributed by atoms with van der Waals surface area (Å²) in [7, 11) is 3.82. The molecule has 0 aliphatic carbocycles. The molecule has 0 spiro atoms. The fourth-order valence-electron chi connectivity index (χ4n) is 5.16. The number of fused-ring (bicyclic) bond motifs is 1. The fourth-order valence-corrected chi connectivity index (χ4v) is 5.39. The Labute approximate surface area is 373 Å². The van der Waals surface area contributed by atoms with Crippen LogP contribution in [0, 0.1) is 0 Å². The number of para-hydroxylation sites is 1. The van der Waals surface area contributed by atoms with Crippen molar-refractivity contribution < 1.29 is 24.2 Å². The number of carboxylic acids is 1. The minimum absolute atomic E-state index is 0.0583. The highest BCUT2D eigenvalue weighted by molar-refractivity contribution is 9.10. The van der Waals surface area contributed by atoms with Crippen LogP contribution in [0.2, 0.25) is 0 Å². The Morgan fingerprint density at radius 3 is 1.63 bits per heavy atom. The molecule has 15 nitrogen and oxygen atoms in total. The van der Waals surface area contributed by atoms with E-state index in [1.807, 2.05) is 61.6 Å². The number of nitrogen functional groups attached to an aromatic ring is 4. The Kier molecular flexibility index (Phi) is 18.8. The third-order valence-corrected chi connectivity index (χ3v) is 8.95. The van der Waals surface area contributed by atoms with Gasteiger partial charge in [0.2, 0.25) is 5.91 Å². The zero-order chi connectivity index (χ0) is 45.6. The average molecular weight is 912 g/mol. The van der Waals surface area contributed by atoms with Crippen molar-refractivity contribution in [2.45, 2.75) is 13.2 Å². The Hall–Kier alpha value is -8.11. The van der Waals surface area contributed by atoms with Gasteiger partial charge in [0.15, 0.2) is 0 Å². The minimum Gasteiger partial charge on any atom is -0.478 e. The van der Waals surface area contributed by atoms with Gasteiger partial charge in [-0.25, -0.2) is 29.5 Å². The van der Waals surface area contributed by atoms with Crippen molar-refractivity contribution in [3.05, 3.63) is 185 Å². The SMILES string of the molecule is CN(Cc1cc2ccccc2n1C)C(=O)/C=C/c1ccc(N)nc1.Nc1ccc(/C=C/C(=O)O)cn1.Nc1ccc(/C=C/C(=O)OCc2ccccc2)cn1.Nc1ccc(Br)cn1. The van der Waals surface area contributed by atoms with E-state index in [9.17, 15) is 14.4 Å². The summed E-state index contributed by atoms with van der Waals surface area (Å²) in [5, 5.41) is 9.48. The van der Waals surface area contributed by atoms with Crippen molar-refractivity contribution in [3.8, 4) is 0 Å². The predicted octanol–water partition coefficient (Wildman–Crippen LogP) is 7.44. The van der Waals surface area contributed by atoms with Gasteiger partial charge >= 0.3 is 11.9 Å². The molecule has 7 aromatic rings. The first-order valence-electron chi connectivity index (χ1n) is 19.0.